The number of nitrogens with one attached hydrogen (secondary N) is 2. The average Bonchev–Trinajstić information content (AvgIpc) is 3.15. The normalized spacial score (nSPS) is 21.1. The first-order valence-electron chi connectivity index (χ1n) is 7.78. The van der Waals surface area contributed by atoms with Gasteiger partial charge in [0.1, 0.15) is 11.6 Å². The van der Waals surface area contributed by atoms with Crippen molar-refractivity contribution < 1.29 is 0 Å². The van der Waals surface area contributed by atoms with E-state index in [9.17, 15) is 4.79 Å². The van der Waals surface area contributed by atoms with E-state index in [-0.39, 0.29) is 5.56 Å². The lowest BCUT2D eigenvalue weighted by Gasteiger charge is -2.20. The van der Waals surface area contributed by atoms with E-state index in [0.29, 0.717) is 11.8 Å². The first-order chi connectivity index (χ1) is 9.70. The Bertz CT molecular complexity index is 503. The third-order valence-electron chi connectivity index (χ3n) is 4.12. The van der Waals surface area contributed by atoms with E-state index in [4.69, 9.17) is 0 Å². The molecule has 2 aliphatic rings. The maximum absolute atomic E-state index is 11.6. The van der Waals surface area contributed by atoms with E-state index in [2.05, 4.69) is 27.1 Å². The number of H-pyrrole nitrogens is 1. The van der Waals surface area contributed by atoms with Crippen LogP contribution in [0.2, 0.25) is 0 Å². The van der Waals surface area contributed by atoms with E-state index >= 15 is 0 Å². The van der Waals surface area contributed by atoms with Crippen LogP contribution in [0.25, 0.3) is 0 Å². The molecule has 0 radical (unpaired) electrons. The van der Waals surface area contributed by atoms with Crippen LogP contribution in [0.15, 0.2) is 10.9 Å². The zero-order valence-electron chi connectivity index (χ0n) is 12.2. The summed E-state index contributed by atoms with van der Waals surface area (Å²) in [4.78, 5) is 21.5. The van der Waals surface area contributed by atoms with Crippen molar-refractivity contribution in [3.8, 4) is 0 Å². The number of likely N-dealkylation sites (tertiary alicyclic amines) is 1. The van der Waals surface area contributed by atoms with E-state index in [1.54, 1.807) is 6.07 Å². The summed E-state index contributed by atoms with van der Waals surface area (Å²) in [5, 5.41) is 3.32. The number of rotatable bonds is 6. The zero-order chi connectivity index (χ0) is 13.9. The minimum absolute atomic E-state index is 0.0448. The van der Waals surface area contributed by atoms with Gasteiger partial charge in [-0.05, 0) is 44.7 Å². The van der Waals surface area contributed by atoms with Crippen molar-refractivity contribution in [3.05, 3.63) is 22.2 Å². The second-order valence-corrected chi connectivity index (χ2v) is 6.28. The largest absolute Gasteiger partial charge is 0.370 e. The molecule has 110 valence electrons. The molecule has 1 aliphatic heterocycles. The summed E-state index contributed by atoms with van der Waals surface area (Å²) in [5.74, 6) is 2.63. The monoisotopic (exact) mass is 276 g/mol. The molecule has 1 aliphatic carbocycles. The minimum Gasteiger partial charge on any atom is -0.370 e. The van der Waals surface area contributed by atoms with E-state index in [1.807, 2.05) is 0 Å². The summed E-state index contributed by atoms with van der Waals surface area (Å²) in [5.41, 5.74) is -0.0448. The third kappa shape index (κ3) is 3.60. The predicted molar refractivity (Wildman–Crippen MR) is 80.2 cm³/mol. The molecule has 0 spiro atoms. The van der Waals surface area contributed by atoms with Crippen molar-refractivity contribution in [2.24, 2.45) is 5.92 Å². The van der Waals surface area contributed by atoms with Gasteiger partial charge in [-0.3, -0.25) is 4.79 Å². The summed E-state index contributed by atoms with van der Waals surface area (Å²) < 4.78 is 0. The summed E-state index contributed by atoms with van der Waals surface area (Å²) in [7, 11) is 0. The molecule has 2 fully saturated rings. The summed E-state index contributed by atoms with van der Waals surface area (Å²) >= 11 is 0. The third-order valence-corrected chi connectivity index (χ3v) is 4.12. The molecule has 1 aromatic heterocycles. The highest BCUT2D eigenvalue weighted by Crippen LogP contribution is 2.37. The lowest BCUT2D eigenvalue weighted by molar-refractivity contribution is 0.294. The van der Waals surface area contributed by atoms with Crippen molar-refractivity contribution in [3.63, 3.8) is 0 Å². The molecule has 1 atom stereocenters. The van der Waals surface area contributed by atoms with Gasteiger partial charge in [-0.15, -0.1) is 0 Å². The molecule has 2 N–H and O–H groups in total. The second kappa shape index (κ2) is 5.95. The first kappa shape index (κ1) is 13.6. The molecule has 0 aromatic carbocycles. The van der Waals surface area contributed by atoms with Gasteiger partial charge >= 0.3 is 0 Å². The Labute approximate surface area is 119 Å². The van der Waals surface area contributed by atoms with Crippen LogP contribution in [-0.4, -0.2) is 41.0 Å². The van der Waals surface area contributed by atoms with Gasteiger partial charge in [-0.25, -0.2) is 4.98 Å². The Morgan fingerprint density at radius 3 is 2.90 bits per heavy atom. The molecule has 1 aromatic rings. The topological polar surface area (TPSA) is 61.0 Å². The van der Waals surface area contributed by atoms with Gasteiger partial charge in [0.15, 0.2) is 0 Å². The molecule has 20 heavy (non-hydrogen) atoms. The van der Waals surface area contributed by atoms with Crippen LogP contribution in [0.5, 0.6) is 0 Å². The fourth-order valence-corrected chi connectivity index (χ4v) is 2.87. The van der Waals surface area contributed by atoms with Crippen LogP contribution >= 0.6 is 0 Å². The van der Waals surface area contributed by atoms with E-state index in [1.165, 1.54) is 25.9 Å². The number of nitrogens with zero attached hydrogens (tertiary/aromatic N) is 2. The quantitative estimate of drug-likeness (QED) is 0.831. The molecule has 3 rings (SSSR count). The summed E-state index contributed by atoms with van der Waals surface area (Å²) in [6.45, 7) is 6.72. The van der Waals surface area contributed by atoms with Crippen molar-refractivity contribution in [2.45, 2.75) is 38.5 Å². The molecule has 1 saturated carbocycles. The highest BCUT2D eigenvalue weighted by molar-refractivity contribution is 5.34. The fraction of sp³-hybridized carbons (Fsp3) is 0.733. The molecule has 1 unspecified atom stereocenters. The highest BCUT2D eigenvalue weighted by Gasteiger charge is 2.26. The molecular weight excluding hydrogens is 252 g/mol. The second-order valence-electron chi connectivity index (χ2n) is 6.28. The number of aromatic amines is 1. The van der Waals surface area contributed by atoms with Crippen molar-refractivity contribution in [2.75, 3.05) is 31.5 Å². The predicted octanol–water partition coefficient (Wildman–Crippen LogP) is 1.79. The van der Waals surface area contributed by atoms with Crippen LogP contribution < -0.4 is 10.9 Å². The van der Waals surface area contributed by atoms with E-state index in [0.717, 1.165) is 37.6 Å². The Morgan fingerprint density at radius 1 is 1.45 bits per heavy atom. The van der Waals surface area contributed by atoms with Crippen LogP contribution in [-0.2, 0) is 0 Å². The SMILES string of the molecule is CC(CNc1cc(=O)[nH]c(C2CC2)n1)CN1CCCC1. The lowest BCUT2D eigenvalue weighted by atomic mass is 10.1. The maximum Gasteiger partial charge on any atom is 0.252 e. The average molecular weight is 276 g/mol. The smallest absolute Gasteiger partial charge is 0.252 e. The van der Waals surface area contributed by atoms with Gasteiger partial charge in [-0.2, -0.15) is 0 Å². The molecule has 0 amide bonds. The molecule has 5 nitrogen and oxygen atoms in total. The summed E-state index contributed by atoms with van der Waals surface area (Å²) in [6, 6.07) is 1.56. The molecule has 1 saturated heterocycles. The number of anilines is 1. The molecular formula is C15H24N4O. The maximum atomic E-state index is 11.6. The van der Waals surface area contributed by atoms with Gasteiger partial charge in [0.05, 0.1) is 0 Å². The Morgan fingerprint density at radius 2 is 2.20 bits per heavy atom. The van der Waals surface area contributed by atoms with Crippen LogP contribution in [0.4, 0.5) is 5.82 Å². The van der Waals surface area contributed by atoms with Crippen molar-refractivity contribution in [1.82, 2.24) is 14.9 Å². The van der Waals surface area contributed by atoms with Gasteiger partial charge in [0.25, 0.3) is 5.56 Å². The molecule has 5 heteroatoms. The Balaban J connectivity index is 1.53. The fourth-order valence-electron chi connectivity index (χ4n) is 2.87. The Hall–Kier alpha value is -1.36. The van der Waals surface area contributed by atoms with Gasteiger partial charge in [-0.1, -0.05) is 6.92 Å². The van der Waals surface area contributed by atoms with Crippen LogP contribution in [0.1, 0.15) is 44.3 Å². The minimum atomic E-state index is -0.0448. The van der Waals surface area contributed by atoms with Crippen LogP contribution in [0, 0.1) is 5.92 Å². The number of hydrogen-bond acceptors (Lipinski definition) is 4. The van der Waals surface area contributed by atoms with Gasteiger partial charge in [0, 0.05) is 25.1 Å². The highest BCUT2D eigenvalue weighted by atomic mass is 16.1. The van der Waals surface area contributed by atoms with Gasteiger partial charge in [0.2, 0.25) is 0 Å². The number of hydrogen-bond donors (Lipinski definition) is 2. The lowest BCUT2D eigenvalue weighted by Crippen LogP contribution is -2.29. The zero-order valence-corrected chi connectivity index (χ0v) is 12.2. The van der Waals surface area contributed by atoms with E-state index < -0.39 is 0 Å². The molecule has 0 bridgehead atoms. The number of aromatic nitrogens is 2. The molecule has 2 heterocycles. The van der Waals surface area contributed by atoms with Crippen molar-refractivity contribution >= 4 is 5.82 Å². The first-order valence-corrected chi connectivity index (χ1v) is 7.78. The summed E-state index contributed by atoms with van der Waals surface area (Å²) in [6.07, 6.45) is 4.97. The van der Waals surface area contributed by atoms with Crippen molar-refractivity contribution in [1.29, 1.82) is 0 Å². The van der Waals surface area contributed by atoms with Crippen LogP contribution in [0.3, 0.4) is 0 Å². The standard InChI is InChI=1S/C15H24N4O/c1-11(10-19-6-2-3-7-19)9-16-13-8-14(20)18-15(17-13)12-4-5-12/h8,11-12H,2-7,9-10H2,1H3,(H2,16,17,18,20). The Kier molecular flexibility index (Phi) is 4.05. The van der Waals surface area contributed by atoms with Gasteiger partial charge < -0.3 is 15.2 Å².